The molecular weight excluding hydrogens is 208 g/mol. The first-order chi connectivity index (χ1) is 7.54. The number of amides is 2. The molecule has 1 fully saturated rings. The van der Waals surface area contributed by atoms with Gasteiger partial charge in [-0.25, -0.2) is 4.79 Å². The number of aliphatic carboxylic acids is 1. The van der Waals surface area contributed by atoms with Crippen LogP contribution in [0.1, 0.15) is 26.2 Å². The first-order valence-corrected chi connectivity index (χ1v) is 5.76. The van der Waals surface area contributed by atoms with E-state index in [1.807, 2.05) is 11.8 Å². The van der Waals surface area contributed by atoms with E-state index in [1.54, 1.807) is 11.9 Å². The molecule has 0 spiro atoms. The first-order valence-electron chi connectivity index (χ1n) is 5.76. The highest BCUT2D eigenvalue weighted by atomic mass is 16.4. The van der Waals surface area contributed by atoms with Crippen molar-refractivity contribution in [3.05, 3.63) is 0 Å². The molecule has 0 aromatic rings. The van der Waals surface area contributed by atoms with E-state index in [9.17, 15) is 9.59 Å². The predicted molar refractivity (Wildman–Crippen MR) is 60.2 cm³/mol. The van der Waals surface area contributed by atoms with Crippen LogP contribution in [-0.4, -0.2) is 53.6 Å². The fraction of sp³-hybridized carbons (Fsp3) is 0.818. The average molecular weight is 228 g/mol. The standard InChI is InChI=1S/C11H20N2O3/c1-3-12(2)11(16)13-7-6-9(8-13)4-5-10(14)15/h9H,3-8H2,1-2H3,(H,14,15). The third-order valence-electron chi connectivity index (χ3n) is 3.12. The van der Waals surface area contributed by atoms with Crippen LogP contribution < -0.4 is 0 Å². The van der Waals surface area contributed by atoms with Crippen LogP contribution in [0.3, 0.4) is 0 Å². The smallest absolute Gasteiger partial charge is 0.319 e. The summed E-state index contributed by atoms with van der Waals surface area (Å²) in [6, 6.07) is 0.0559. The molecule has 0 aromatic carbocycles. The van der Waals surface area contributed by atoms with E-state index in [-0.39, 0.29) is 12.5 Å². The molecule has 1 aliphatic rings. The monoisotopic (exact) mass is 228 g/mol. The van der Waals surface area contributed by atoms with Crippen LogP contribution in [0.5, 0.6) is 0 Å². The van der Waals surface area contributed by atoms with Gasteiger partial charge in [0.25, 0.3) is 0 Å². The number of carbonyl (C=O) groups excluding carboxylic acids is 1. The number of nitrogens with zero attached hydrogens (tertiary/aromatic N) is 2. The van der Waals surface area contributed by atoms with Crippen molar-refractivity contribution in [2.45, 2.75) is 26.2 Å². The number of hydrogen-bond acceptors (Lipinski definition) is 2. The lowest BCUT2D eigenvalue weighted by molar-refractivity contribution is -0.137. The van der Waals surface area contributed by atoms with Gasteiger partial charge in [0.1, 0.15) is 0 Å². The summed E-state index contributed by atoms with van der Waals surface area (Å²) in [5.74, 6) is -0.402. The number of likely N-dealkylation sites (tertiary alicyclic amines) is 1. The van der Waals surface area contributed by atoms with Crippen molar-refractivity contribution < 1.29 is 14.7 Å². The van der Waals surface area contributed by atoms with Gasteiger partial charge < -0.3 is 14.9 Å². The van der Waals surface area contributed by atoms with Crippen LogP contribution in [0.25, 0.3) is 0 Å². The van der Waals surface area contributed by atoms with Crippen molar-refractivity contribution in [2.24, 2.45) is 5.92 Å². The quantitative estimate of drug-likeness (QED) is 0.787. The molecule has 0 bridgehead atoms. The zero-order valence-corrected chi connectivity index (χ0v) is 9.98. The van der Waals surface area contributed by atoms with E-state index in [1.165, 1.54) is 0 Å². The van der Waals surface area contributed by atoms with Gasteiger partial charge in [-0.1, -0.05) is 0 Å². The number of rotatable bonds is 4. The first kappa shape index (κ1) is 12.8. The normalized spacial score (nSPS) is 19.9. The molecule has 0 aromatic heterocycles. The molecule has 5 nitrogen and oxygen atoms in total. The number of urea groups is 1. The van der Waals surface area contributed by atoms with Crippen molar-refractivity contribution in [2.75, 3.05) is 26.7 Å². The van der Waals surface area contributed by atoms with Crippen LogP contribution in [0, 0.1) is 5.92 Å². The predicted octanol–water partition coefficient (Wildman–Crippen LogP) is 1.24. The van der Waals surface area contributed by atoms with Gasteiger partial charge in [0, 0.05) is 33.1 Å². The fourth-order valence-electron chi connectivity index (χ4n) is 1.95. The van der Waals surface area contributed by atoms with Gasteiger partial charge in [0.05, 0.1) is 0 Å². The van der Waals surface area contributed by atoms with Gasteiger partial charge in [-0.15, -0.1) is 0 Å². The highest BCUT2D eigenvalue weighted by Gasteiger charge is 2.27. The molecular formula is C11H20N2O3. The molecule has 16 heavy (non-hydrogen) atoms. The van der Waals surface area contributed by atoms with Gasteiger partial charge in [-0.2, -0.15) is 0 Å². The molecule has 0 radical (unpaired) electrons. The lowest BCUT2D eigenvalue weighted by Gasteiger charge is -2.23. The second-order valence-corrected chi connectivity index (χ2v) is 4.33. The second-order valence-electron chi connectivity index (χ2n) is 4.33. The number of carbonyl (C=O) groups is 2. The molecule has 1 atom stereocenters. The number of carboxylic acid groups (broad SMARTS) is 1. The Hall–Kier alpha value is -1.26. The van der Waals surface area contributed by atoms with Crippen molar-refractivity contribution in [3.8, 4) is 0 Å². The molecule has 1 saturated heterocycles. The average Bonchev–Trinajstić information content (AvgIpc) is 2.72. The molecule has 2 amide bonds. The summed E-state index contributed by atoms with van der Waals surface area (Å²) in [5, 5.41) is 8.59. The van der Waals surface area contributed by atoms with Crippen molar-refractivity contribution in [3.63, 3.8) is 0 Å². The highest BCUT2D eigenvalue weighted by molar-refractivity contribution is 5.74. The van der Waals surface area contributed by atoms with Gasteiger partial charge in [0.15, 0.2) is 0 Å². The minimum absolute atomic E-state index is 0.0559. The van der Waals surface area contributed by atoms with Gasteiger partial charge >= 0.3 is 12.0 Å². The Labute approximate surface area is 96.0 Å². The lowest BCUT2D eigenvalue weighted by Crippen LogP contribution is -2.39. The van der Waals surface area contributed by atoms with Crippen LogP contribution in [-0.2, 0) is 4.79 Å². The van der Waals surface area contributed by atoms with Crippen molar-refractivity contribution in [1.29, 1.82) is 0 Å². The third kappa shape index (κ3) is 3.40. The Morgan fingerprint density at radius 3 is 2.75 bits per heavy atom. The zero-order chi connectivity index (χ0) is 12.1. The molecule has 1 N–H and O–H groups in total. The lowest BCUT2D eigenvalue weighted by atomic mass is 10.0. The summed E-state index contributed by atoms with van der Waals surface area (Å²) >= 11 is 0. The summed E-state index contributed by atoms with van der Waals surface area (Å²) in [5.41, 5.74) is 0. The molecule has 1 unspecified atom stereocenters. The summed E-state index contributed by atoms with van der Waals surface area (Å²) in [6.07, 6.45) is 1.81. The molecule has 1 aliphatic heterocycles. The molecule has 0 saturated carbocycles. The van der Waals surface area contributed by atoms with E-state index in [4.69, 9.17) is 5.11 Å². The maximum Gasteiger partial charge on any atom is 0.319 e. The van der Waals surface area contributed by atoms with E-state index in [2.05, 4.69) is 0 Å². The Morgan fingerprint density at radius 2 is 2.19 bits per heavy atom. The van der Waals surface area contributed by atoms with Crippen molar-refractivity contribution >= 4 is 12.0 Å². The minimum Gasteiger partial charge on any atom is -0.481 e. The van der Waals surface area contributed by atoms with Crippen LogP contribution in [0.4, 0.5) is 4.79 Å². The topological polar surface area (TPSA) is 60.9 Å². The minimum atomic E-state index is -0.754. The van der Waals surface area contributed by atoms with Crippen molar-refractivity contribution in [1.82, 2.24) is 9.80 Å². The molecule has 0 aliphatic carbocycles. The Kier molecular flexibility index (Phi) is 4.58. The molecule has 1 heterocycles. The summed E-state index contributed by atoms with van der Waals surface area (Å²) in [4.78, 5) is 25.7. The van der Waals surface area contributed by atoms with Gasteiger partial charge in [-0.05, 0) is 25.7 Å². The van der Waals surface area contributed by atoms with Gasteiger partial charge in [0.2, 0.25) is 0 Å². The van der Waals surface area contributed by atoms with E-state index in [0.29, 0.717) is 25.4 Å². The number of hydrogen-bond donors (Lipinski definition) is 1. The SMILES string of the molecule is CCN(C)C(=O)N1CCC(CCC(=O)O)C1. The summed E-state index contributed by atoms with van der Waals surface area (Å²) in [7, 11) is 1.78. The van der Waals surface area contributed by atoms with E-state index < -0.39 is 5.97 Å². The Balaban J connectivity index is 2.34. The van der Waals surface area contributed by atoms with Crippen LogP contribution in [0.2, 0.25) is 0 Å². The molecule has 5 heteroatoms. The third-order valence-corrected chi connectivity index (χ3v) is 3.12. The number of carboxylic acids is 1. The summed E-state index contributed by atoms with van der Waals surface area (Å²) in [6.45, 7) is 4.11. The molecule has 92 valence electrons. The Morgan fingerprint density at radius 1 is 1.50 bits per heavy atom. The molecule has 1 rings (SSSR count). The maximum atomic E-state index is 11.8. The summed E-state index contributed by atoms with van der Waals surface area (Å²) < 4.78 is 0. The van der Waals surface area contributed by atoms with E-state index >= 15 is 0 Å². The second kappa shape index (κ2) is 5.72. The maximum absolute atomic E-state index is 11.8. The van der Waals surface area contributed by atoms with Crippen LogP contribution >= 0.6 is 0 Å². The van der Waals surface area contributed by atoms with E-state index in [0.717, 1.165) is 13.0 Å². The highest BCUT2D eigenvalue weighted by Crippen LogP contribution is 2.21. The Bertz CT molecular complexity index is 268. The fourth-order valence-corrected chi connectivity index (χ4v) is 1.95. The van der Waals surface area contributed by atoms with Crippen LogP contribution in [0.15, 0.2) is 0 Å². The van der Waals surface area contributed by atoms with Gasteiger partial charge in [-0.3, -0.25) is 4.79 Å². The largest absolute Gasteiger partial charge is 0.481 e. The zero-order valence-electron chi connectivity index (χ0n) is 9.98.